The number of nitrogens with zero attached hydrogens (tertiary/aromatic N) is 7. The number of piperidine rings is 1. The van der Waals surface area contributed by atoms with Gasteiger partial charge in [-0.3, -0.25) is 14.3 Å². The third-order valence-corrected chi connectivity index (χ3v) is 6.19. The highest BCUT2D eigenvalue weighted by Crippen LogP contribution is 2.28. The summed E-state index contributed by atoms with van der Waals surface area (Å²) in [7, 11) is 0. The van der Waals surface area contributed by atoms with Crippen LogP contribution in [-0.2, 0) is 24.3 Å². The number of hydrogen-bond donors (Lipinski definition) is 0. The lowest BCUT2D eigenvalue weighted by Crippen LogP contribution is -2.39. The number of fused-ring (bicyclic) bond motifs is 1. The molecule has 2 aromatic rings. The Bertz CT molecular complexity index is 908. The molecule has 0 aromatic carbocycles. The van der Waals surface area contributed by atoms with Crippen LogP contribution in [0.15, 0.2) is 12.3 Å². The molecule has 0 radical (unpaired) electrons. The van der Waals surface area contributed by atoms with Crippen molar-refractivity contribution >= 4 is 11.8 Å². The summed E-state index contributed by atoms with van der Waals surface area (Å²) in [6.07, 6.45) is 4.32. The Kier molecular flexibility index (Phi) is 5.87. The molecule has 2 aromatic heterocycles. The van der Waals surface area contributed by atoms with Crippen LogP contribution >= 0.6 is 0 Å². The van der Waals surface area contributed by atoms with E-state index in [1.54, 1.807) is 10.7 Å². The number of aryl methyl sites for hydroxylation is 1. The molecule has 2 aliphatic rings. The smallest absolute Gasteiger partial charge is 0.274 e. The first-order valence-corrected chi connectivity index (χ1v) is 11.0. The summed E-state index contributed by atoms with van der Waals surface area (Å²) in [5.74, 6) is 2.48. The third kappa shape index (κ3) is 3.97. The van der Waals surface area contributed by atoms with Gasteiger partial charge in [0.15, 0.2) is 0 Å². The highest BCUT2D eigenvalue weighted by Gasteiger charge is 2.30. The van der Waals surface area contributed by atoms with Gasteiger partial charge in [-0.2, -0.15) is 5.10 Å². The molecule has 9 nitrogen and oxygen atoms in total. The molecule has 0 saturated carbocycles. The van der Waals surface area contributed by atoms with E-state index in [4.69, 9.17) is 0 Å². The van der Waals surface area contributed by atoms with E-state index >= 15 is 0 Å². The van der Waals surface area contributed by atoms with Crippen molar-refractivity contribution in [1.29, 1.82) is 0 Å². The zero-order valence-electron chi connectivity index (χ0n) is 18.1. The van der Waals surface area contributed by atoms with Crippen molar-refractivity contribution < 1.29 is 9.59 Å². The topological polar surface area (TPSA) is 89.2 Å². The minimum atomic E-state index is 0.00330. The second kappa shape index (κ2) is 8.57. The molecule has 4 rings (SSSR count). The van der Waals surface area contributed by atoms with Gasteiger partial charge in [0.2, 0.25) is 5.91 Å². The average Bonchev–Trinajstić information content (AvgIpc) is 3.35. The molecule has 2 amide bonds. The first-order chi connectivity index (χ1) is 14.5. The molecule has 0 bridgehead atoms. The van der Waals surface area contributed by atoms with Gasteiger partial charge in [0.25, 0.3) is 5.91 Å². The van der Waals surface area contributed by atoms with E-state index in [9.17, 15) is 9.59 Å². The van der Waals surface area contributed by atoms with Crippen LogP contribution in [0.1, 0.15) is 61.7 Å². The lowest BCUT2D eigenvalue weighted by atomic mass is 9.95. The summed E-state index contributed by atoms with van der Waals surface area (Å²) in [4.78, 5) is 29.0. The lowest BCUT2D eigenvalue weighted by molar-refractivity contribution is -0.134. The van der Waals surface area contributed by atoms with Crippen molar-refractivity contribution in [2.45, 2.75) is 59.0 Å². The molecule has 0 unspecified atom stereocenters. The molecule has 4 heterocycles. The summed E-state index contributed by atoms with van der Waals surface area (Å²) in [5, 5.41) is 13.3. The van der Waals surface area contributed by atoms with Gasteiger partial charge in [0, 0.05) is 63.7 Å². The Labute approximate surface area is 177 Å². The van der Waals surface area contributed by atoms with E-state index in [1.807, 2.05) is 36.8 Å². The van der Waals surface area contributed by atoms with Crippen molar-refractivity contribution in [3.63, 3.8) is 0 Å². The van der Waals surface area contributed by atoms with Crippen molar-refractivity contribution in [3.05, 3.63) is 29.6 Å². The quantitative estimate of drug-likeness (QED) is 0.759. The van der Waals surface area contributed by atoms with Gasteiger partial charge in [-0.25, -0.2) is 0 Å². The van der Waals surface area contributed by atoms with E-state index in [-0.39, 0.29) is 23.7 Å². The second-order valence-corrected chi connectivity index (χ2v) is 8.48. The Morgan fingerprint density at radius 3 is 2.50 bits per heavy atom. The number of rotatable bonds is 4. The average molecular weight is 414 g/mol. The highest BCUT2D eigenvalue weighted by molar-refractivity contribution is 5.92. The van der Waals surface area contributed by atoms with Gasteiger partial charge in [0.05, 0.1) is 0 Å². The van der Waals surface area contributed by atoms with E-state index in [0.717, 1.165) is 44.0 Å². The number of likely N-dealkylation sites (tertiary alicyclic amines) is 1. The Morgan fingerprint density at radius 1 is 1.07 bits per heavy atom. The maximum atomic E-state index is 12.7. The van der Waals surface area contributed by atoms with E-state index < -0.39 is 0 Å². The van der Waals surface area contributed by atoms with Crippen molar-refractivity contribution in [2.24, 2.45) is 5.92 Å². The number of amides is 2. The second-order valence-electron chi connectivity index (χ2n) is 8.48. The van der Waals surface area contributed by atoms with Gasteiger partial charge in [-0.05, 0) is 25.8 Å². The molecule has 9 heteroatoms. The third-order valence-electron chi connectivity index (χ3n) is 6.19. The first kappa shape index (κ1) is 20.6. The van der Waals surface area contributed by atoms with Gasteiger partial charge in [-0.15, -0.1) is 10.2 Å². The predicted octanol–water partition coefficient (Wildman–Crippen LogP) is 1.55. The fraction of sp³-hybridized carbons (Fsp3) is 0.667. The van der Waals surface area contributed by atoms with Crippen LogP contribution in [0.3, 0.4) is 0 Å². The van der Waals surface area contributed by atoms with E-state index in [0.29, 0.717) is 31.9 Å². The maximum absolute atomic E-state index is 12.7. The molecule has 0 N–H and O–H groups in total. The van der Waals surface area contributed by atoms with Gasteiger partial charge in [0.1, 0.15) is 17.3 Å². The maximum Gasteiger partial charge on any atom is 0.274 e. The molecule has 2 aliphatic heterocycles. The molecule has 1 fully saturated rings. The van der Waals surface area contributed by atoms with Crippen molar-refractivity contribution in [1.82, 2.24) is 34.3 Å². The van der Waals surface area contributed by atoms with Crippen LogP contribution < -0.4 is 0 Å². The van der Waals surface area contributed by atoms with Crippen LogP contribution in [0.25, 0.3) is 0 Å². The standard InChI is InChI=1S/C21H31N7O2/c1-4-27-12-7-17(24-27)21(30)25-9-5-16(6-10-25)19-23-22-18-8-11-26(13-14-28(18)19)20(29)15(2)3/h7,12,15-16H,4-6,8-11,13-14H2,1-3H3. The Morgan fingerprint density at radius 2 is 1.83 bits per heavy atom. The predicted molar refractivity (Wildman–Crippen MR) is 111 cm³/mol. The number of aromatic nitrogens is 5. The summed E-state index contributed by atoms with van der Waals surface area (Å²) in [6.45, 7) is 10.2. The van der Waals surface area contributed by atoms with E-state index in [2.05, 4.69) is 19.9 Å². The number of hydrogen-bond acceptors (Lipinski definition) is 5. The molecule has 0 atom stereocenters. The molecular formula is C21H31N7O2. The minimum absolute atomic E-state index is 0.00330. The van der Waals surface area contributed by atoms with E-state index in [1.165, 1.54) is 0 Å². The van der Waals surface area contributed by atoms with Crippen molar-refractivity contribution in [2.75, 3.05) is 26.2 Å². The van der Waals surface area contributed by atoms with Crippen LogP contribution in [0.2, 0.25) is 0 Å². The molecule has 0 spiro atoms. The highest BCUT2D eigenvalue weighted by atomic mass is 16.2. The van der Waals surface area contributed by atoms with Crippen molar-refractivity contribution in [3.8, 4) is 0 Å². The van der Waals surface area contributed by atoms with Crippen LogP contribution in [0.4, 0.5) is 0 Å². The summed E-state index contributed by atoms with van der Waals surface area (Å²) >= 11 is 0. The zero-order valence-corrected chi connectivity index (χ0v) is 18.1. The normalized spacial score (nSPS) is 17.9. The van der Waals surface area contributed by atoms with Gasteiger partial charge >= 0.3 is 0 Å². The zero-order chi connectivity index (χ0) is 21.3. The SMILES string of the molecule is CCn1ccc(C(=O)N2CCC(c3nnc4n3CCN(C(=O)C(C)C)CC4)CC2)n1. The van der Waals surface area contributed by atoms with Gasteiger partial charge in [-0.1, -0.05) is 13.8 Å². The molecule has 0 aliphatic carbocycles. The van der Waals surface area contributed by atoms with Crippen LogP contribution in [-0.4, -0.2) is 72.3 Å². The Hall–Kier alpha value is -2.71. The van der Waals surface area contributed by atoms with Crippen LogP contribution in [0, 0.1) is 5.92 Å². The number of carbonyl (C=O) groups is 2. The fourth-order valence-corrected chi connectivity index (χ4v) is 4.39. The monoisotopic (exact) mass is 413 g/mol. The van der Waals surface area contributed by atoms with Crippen LogP contribution in [0.5, 0.6) is 0 Å². The largest absolute Gasteiger partial charge is 0.340 e. The van der Waals surface area contributed by atoms with Gasteiger partial charge < -0.3 is 14.4 Å². The molecule has 162 valence electrons. The summed E-state index contributed by atoms with van der Waals surface area (Å²) in [6, 6.07) is 1.79. The molecular weight excluding hydrogens is 382 g/mol. The number of carbonyl (C=O) groups excluding carboxylic acids is 2. The summed E-state index contributed by atoms with van der Waals surface area (Å²) in [5.41, 5.74) is 0.515. The lowest BCUT2D eigenvalue weighted by Gasteiger charge is -2.31. The molecule has 30 heavy (non-hydrogen) atoms. The fourth-order valence-electron chi connectivity index (χ4n) is 4.39. The minimum Gasteiger partial charge on any atom is -0.340 e. The molecule has 1 saturated heterocycles. The summed E-state index contributed by atoms with van der Waals surface area (Å²) < 4.78 is 3.98. The first-order valence-electron chi connectivity index (χ1n) is 11.0. The Balaban J connectivity index is 1.39.